The fourth-order valence-electron chi connectivity index (χ4n) is 3.63. The molecule has 146 valence electrons. The molecule has 2 aromatic rings. The molecule has 0 fully saturated rings. The smallest absolute Gasteiger partial charge is 0.316 e. The van der Waals surface area contributed by atoms with Gasteiger partial charge < -0.3 is 15.2 Å². The molecule has 2 atom stereocenters. The number of benzene rings is 1. The summed E-state index contributed by atoms with van der Waals surface area (Å²) >= 11 is 1.17. The van der Waals surface area contributed by atoms with Gasteiger partial charge in [0.25, 0.3) is 0 Å². The second-order valence-corrected chi connectivity index (χ2v) is 7.92. The Labute approximate surface area is 166 Å². The Bertz CT molecular complexity index is 984. The zero-order valence-corrected chi connectivity index (χ0v) is 16.3. The molecule has 28 heavy (non-hydrogen) atoms. The van der Waals surface area contributed by atoms with Gasteiger partial charge >= 0.3 is 5.97 Å². The molecule has 0 unspecified atom stereocenters. The third-order valence-electron chi connectivity index (χ3n) is 4.84. The summed E-state index contributed by atoms with van der Waals surface area (Å²) in [6.07, 6.45) is 1.22. The number of thioether (sulfide) groups is 1. The van der Waals surface area contributed by atoms with Crippen LogP contribution < -0.4 is 5.32 Å². The standard InChI is InChI=1S/C19H20N4O4S/c1-10-6-13-16(14(25)7-10)17(11-4-3-5-12(24)8-11)23-18(20-13)21-19(22-23)28-9-15(26)27-2/h3-5,8,10,17,24H,6-7,9H2,1-2H3,(H,20,21,22)/t10-,17-/m0/s1. The molecule has 0 bridgehead atoms. The molecule has 0 radical (unpaired) electrons. The second kappa shape index (κ2) is 7.31. The van der Waals surface area contributed by atoms with Gasteiger partial charge in [0.05, 0.1) is 12.9 Å². The van der Waals surface area contributed by atoms with E-state index in [4.69, 9.17) is 0 Å². The second-order valence-electron chi connectivity index (χ2n) is 6.98. The van der Waals surface area contributed by atoms with E-state index in [9.17, 15) is 14.7 Å². The average Bonchev–Trinajstić information content (AvgIpc) is 3.06. The number of aromatic nitrogens is 3. The fourth-order valence-corrected chi connectivity index (χ4v) is 4.30. The Morgan fingerprint density at radius 1 is 1.43 bits per heavy atom. The number of carbonyl (C=O) groups is 2. The minimum absolute atomic E-state index is 0.0690. The highest BCUT2D eigenvalue weighted by Crippen LogP contribution is 2.42. The largest absolute Gasteiger partial charge is 0.508 e. The van der Waals surface area contributed by atoms with Crippen molar-refractivity contribution in [1.29, 1.82) is 0 Å². The van der Waals surface area contributed by atoms with Gasteiger partial charge in [0.1, 0.15) is 11.8 Å². The normalized spacial score (nSPS) is 21.0. The summed E-state index contributed by atoms with van der Waals surface area (Å²) in [5, 5.41) is 18.1. The topological polar surface area (TPSA) is 106 Å². The van der Waals surface area contributed by atoms with Crippen molar-refractivity contribution >= 4 is 29.5 Å². The van der Waals surface area contributed by atoms with Crippen molar-refractivity contribution < 1.29 is 19.4 Å². The molecule has 2 heterocycles. The average molecular weight is 400 g/mol. The monoisotopic (exact) mass is 400 g/mol. The SMILES string of the molecule is COC(=O)CSc1nc2n(n1)[C@@H](c1cccc(O)c1)C1=C(C[C@H](C)CC1=O)N2. The Morgan fingerprint density at radius 3 is 3.00 bits per heavy atom. The molecule has 0 saturated carbocycles. The van der Waals surface area contributed by atoms with Crippen LogP contribution in [-0.4, -0.2) is 44.5 Å². The number of nitrogens with zero attached hydrogens (tertiary/aromatic N) is 3. The highest BCUT2D eigenvalue weighted by molar-refractivity contribution is 7.99. The number of phenols is 1. The van der Waals surface area contributed by atoms with Crippen molar-refractivity contribution in [3.63, 3.8) is 0 Å². The molecule has 9 heteroatoms. The first-order chi connectivity index (χ1) is 13.5. The molecule has 1 aliphatic carbocycles. The number of fused-ring (bicyclic) bond motifs is 1. The zero-order valence-electron chi connectivity index (χ0n) is 15.5. The molecule has 0 spiro atoms. The van der Waals surface area contributed by atoms with E-state index in [0.29, 0.717) is 23.1 Å². The summed E-state index contributed by atoms with van der Waals surface area (Å²) in [6.45, 7) is 2.05. The summed E-state index contributed by atoms with van der Waals surface area (Å²) in [4.78, 5) is 28.8. The van der Waals surface area contributed by atoms with Crippen LogP contribution in [0.2, 0.25) is 0 Å². The molecule has 1 aromatic carbocycles. The van der Waals surface area contributed by atoms with Gasteiger partial charge in [-0.3, -0.25) is 9.59 Å². The molecule has 1 aromatic heterocycles. The summed E-state index contributed by atoms with van der Waals surface area (Å²) in [5.41, 5.74) is 2.26. The number of hydrogen-bond acceptors (Lipinski definition) is 8. The number of carbonyl (C=O) groups excluding carboxylic acids is 2. The predicted octanol–water partition coefficient (Wildman–Crippen LogP) is 2.52. The summed E-state index contributed by atoms with van der Waals surface area (Å²) in [7, 11) is 1.33. The summed E-state index contributed by atoms with van der Waals surface area (Å²) in [6, 6.07) is 6.35. The summed E-state index contributed by atoms with van der Waals surface area (Å²) in [5.74, 6) is 0.681. The minimum Gasteiger partial charge on any atom is -0.508 e. The number of esters is 1. The van der Waals surface area contributed by atoms with Crippen molar-refractivity contribution in [1.82, 2.24) is 14.8 Å². The van der Waals surface area contributed by atoms with Gasteiger partial charge in [-0.15, -0.1) is 5.10 Å². The third kappa shape index (κ3) is 3.37. The van der Waals surface area contributed by atoms with Gasteiger partial charge in [0.2, 0.25) is 11.1 Å². The van der Waals surface area contributed by atoms with E-state index in [1.165, 1.54) is 18.9 Å². The van der Waals surface area contributed by atoms with Gasteiger partial charge in [0, 0.05) is 17.7 Å². The van der Waals surface area contributed by atoms with E-state index in [0.717, 1.165) is 17.7 Å². The van der Waals surface area contributed by atoms with Gasteiger partial charge in [-0.25, -0.2) is 4.68 Å². The molecule has 4 rings (SSSR count). The number of anilines is 1. The number of methoxy groups -OCH3 is 1. The predicted molar refractivity (Wildman–Crippen MR) is 103 cm³/mol. The van der Waals surface area contributed by atoms with Gasteiger partial charge in [0.15, 0.2) is 5.78 Å². The molecule has 2 N–H and O–H groups in total. The molecular formula is C19H20N4O4S. The first-order valence-electron chi connectivity index (χ1n) is 8.94. The molecule has 1 aliphatic heterocycles. The Balaban J connectivity index is 1.77. The van der Waals surface area contributed by atoms with Gasteiger partial charge in [-0.05, 0) is 30.0 Å². The number of Topliss-reactive ketones (excluding diaryl/α,β-unsaturated/α-hetero) is 1. The number of ketones is 1. The van der Waals surface area contributed by atoms with Crippen molar-refractivity contribution in [3.05, 3.63) is 41.1 Å². The van der Waals surface area contributed by atoms with E-state index in [1.54, 1.807) is 22.9 Å². The maximum absolute atomic E-state index is 12.9. The zero-order chi connectivity index (χ0) is 19.8. The van der Waals surface area contributed by atoms with Crippen LogP contribution in [-0.2, 0) is 14.3 Å². The Hall–Kier alpha value is -2.81. The number of hydrogen-bond donors (Lipinski definition) is 2. The van der Waals surface area contributed by atoms with Crippen LogP contribution in [0.15, 0.2) is 40.7 Å². The van der Waals surface area contributed by atoms with Crippen LogP contribution in [0.25, 0.3) is 0 Å². The first kappa shape index (κ1) is 18.5. The van der Waals surface area contributed by atoms with Crippen LogP contribution in [0.4, 0.5) is 5.95 Å². The number of allylic oxidation sites excluding steroid dienone is 2. The molecule has 8 nitrogen and oxygen atoms in total. The van der Waals surface area contributed by atoms with Gasteiger partial charge in [-0.1, -0.05) is 30.8 Å². The van der Waals surface area contributed by atoms with E-state index in [-0.39, 0.29) is 29.2 Å². The number of phenolic OH excluding ortho intramolecular Hbond substituents is 1. The van der Waals surface area contributed by atoms with E-state index in [1.807, 2.05) is 13.0 Å². The fraction of sp³-hybridized carbons (Fsp3) is 0.368. The van der Waals surface area contributed by atoms with Crippen molar-refractivity contribution in [2.75, 3.05) is 18.2 Å². The van der Waals surface area contributed by atoms with Crippen LogP contribution >= 0.6 is 11.8 Å². The first-order valence-corrected chi connectivity index (χ1v) is 9.93. The lowest BCUT2D eigenvalue weighted by Crippen LogP contribution is -2.33. The highest BCUT2D eigenvalue weighted by Gasteiger charge is 2.38. The lowest BCUT2D eigenvalue weighted by atomic mass is 9.81. The van der Waals surface area contributed by atoms with Crippen molar-refractivity contribution in [3.8, 4) is 5.75 Å². The highest BCUT2D eigenvalue weighted by atomic mass is 32.2. The van der Waals surface area contributed by atoms with E-state index >= 15 is 0 Å². The number of nitrogens with one attached hydrogen (secondary N) is 1. The minimum atomic E-state index is -0.474. The lowest BCUT2D eigenvalue weighted by molar-refractivity contribution is -0.137. The van der Waals surface area contributed by atoms with Crippen molar-refractivity contribution in [2.45, 2.75) is 31.0 Å². The quantitative estimate of drug-likeness (QED) is 0.596. The Kier molecular flexibility index (Phi) is 4.84. The number of aromatic hydroxyl groups is 1. The van der Waals surface area contributed by atoms with Crippen LogP contribution in [0.1, 0.15) is 31.4 Å². The molecule has 0 amide bonds. The summed E-state index contributed by atoms with van der Waals surface area (Å²) < 4.78 is 6.32. The van der Waals surface area contributed by atoms with E-state index in [2.05, 4.69) is 20.1 Å². The lowest BCUT2D eigenvalue weighted by Gasteiger charge is -2.34. The Morgan fingerprint density at radius 2 is 2.25 bits per heavy atom. The van der Waals surface area contributed by atoms with Crippen LogP contribution in [0.5, 0.6) is 5.75 Å². The van der Waals surface area contributed by atoms with E-state index < -0.39 is 6.04 Å². The molecule has 0 saturated heterocycles. The molecular weight excluding hydrogens is 380 g/mol. The maximum Gasteiger partial charge on any atom is 0.316 e. The number of rotatable bonds is 4. The number of ether oxygens (including phenoxy) is 1. The van der Waals surface area contributed by atoms with Gasteiger partial charge in [-0.2, -0.15) is 4.98 Å². The molecule has 2 aliphatic rings. The third-order valence-corrected chi connectivity index (χ3v) is 5.65. The van der Waals surface area contributed by atoms with Crippen LogP contribution in [0, 0.1) is 5.92 Å². The maximum atomic E-state index is 12.9. The van der Waals surface area contributed by atoms with Crippen LogP contribution in [0.3, 0.4) is 0 Å². The van der Waals surface area contributed by atoms with Crippen molar-refractivity contribution in [2.24, 2.45) is 5.92 Å².